The smallest absolute Gasteiger partial charge is 0.449 e. The average molecular weight is 379 g/mol. The minimum Gasteiger partial charge on any atom is -0.449 e. The third-order valence-corrected chi connectivity index (χ3v) is 4.78. The average Bonchev–Trinajstić information content (AvgIpc) is 2.66. The second-order valence-corrected chi connectivity index (χ2v) is 7.27. The van der Waals surface area contributed by atoms with Crippen LogP contribution >= 0.6 is 0 Å². The molecule has 0 saturated carbocycles. The number of carboxylic acid groups (broad SMARTS) is 1. The first-order chi connectivity index (χ1) is 13.2. The highest BCUT2D eigenvalue weighted by Gasteiger charge is 2.01. The number of hydrogen-bond donors (Lipinski definition) is 2. The molecule has 2 N–H and O–H groups in total. The van der Waals surface area contributed by atoms with Crippen molar-refractivity contribution in [1.29, 1.82) is 0 Å². The summed E-state index contributed by atoms with van der Waals surface area (Å²) in [6.45, 7) is 3.16. The molecule has 5 heteroatoms. The first kappa shape index (κ1) is 23.3. The van der Waals surface area contributed by atoms with Crippen LogP contribution in [0, 0.1) is 0 Å². The third kappa shape index (κ3) is 14.0. The van der Waals surface area contributed by atoms with E-state index in [1.165, 1.54) is 89.7 Å². The van der Waals surface area contributed by atoms with Crippen molar-refractivity contribution in [3.8, 4) is 5.75 Å². The number of pyridine rings is 1. The molecule has 0 bridgehead atoms. The van der Waals surface area contributed by atoms with Gasteiger partial charge in [0.05, 0.1) is 6.20 Å². The number of nitrogens with one attached hydrogen (secondary N) is 1. The lowest BCUT2D eigenvalue weighted by molar-refractivity contribution is 0.144. The lowest BCUT2D eigenvalue weighted by Crippen LogP contribution is -2.05. The largest absolute Gasteiger partial charge is 0.511 e. The van der Waals surface area contributed by atoms with Crippen LogP contribution in [0.1, 0.15) is 96.8 Å². The van der Waals surface area contributed by atoms with Crippen molar-refractivity contribution in [3.63, 3.8) is 0 Å². The molecule has 1 heterocycles. The summed E-state index contributed by atoms with van der Waals surface area (Å²) < 4.78 is 4.53. The van der Waals surface area contributed by atoms with Gasteiger partial charge >= 0.3 is 6.16 Å². The molecule has 27 heavy (non-hydrogen) atoms. The maximum atomic E-state index is 10.4. The molecule has 5 nitrogen and oxygen atoms in total. The molecule has 0 aliphatic carbocycles. The van der Waals surface area contributed by atoms with Gasteiger partial charge in [0, 0.05) is 6.54 Å². The number of anilines is 1. The van der Waals surface area contributed by atoms with Crippen molar-refractivity contribution in [3.05, 3.63) is 18.3 Å². The Bertz CT molecular complexity index is 477. The van der Waals surface area contributed by atoms with E-state index < -0.39 is 6.16 Å². The fourth-order valence-electron chi connectivity index (χ4n) is 3.18. The van der Waals surface area contributed by atoms with Gasteiger partial charge in [-0.2, -0.15) is 0 Å². The molecule has 0 aliphatic heterocycles. The van der Waals surface area contributed by atoms with Crippen LogP contribution < -0.4 is 10.1 Å². The van der Waals surface area contributed by atoms with Gasteiger partial charge in [-0.1, -0.05) is 90.4 Å². The molecule has 0 radical (unpaired) electrons. The van der Waals surface area contributed by atoms with Gasteiger partial charge in [0.1, 0.15) is 5.82 Å². The minimum absolute atomic E-state index is 0.240. The van der Waals surface area contributed by atoms with Gasteiger partial charge in [-0.3, -0.25) is 0 Å². The summed E-state index contributed by atoms with van der Waals surface area (Å²) in [5.74, 6) is 0.993. The molecule has 0 saturated heterocycles. The zero-order valence-corrected chi connectivity index (χ0v) is 17.0. The maximum absolute atomic E-state index is 10.4. The molecule has 0 atom stereocenters. The first-order valence-corrected chi connectivity index (χ1v) is 10.8. The molecule has 0 unspecified atom stereocenters. The summed E-state index contributed by atoms with van der Waals surface area (Å²) in [5.41, 5.74) is 0. The SMILES string of the molecule is CCCCCCCCCCCCCCCCNc1ccc(OC(=O)O)cn1. The third-order valence-electron chi connectivity index (χ3n) is 4.78. The van der Waals surface area contributed by atoms with Crippen LogP contribution in [0.5, 0.6) is 5.75 Å². The second-order valence-electron chi connectivity index (χ2n) is 7.27. The normalized spacial score (nSPS) is 10.7. The molecule has 1 aromatic rings. The molecular weight excluding hydrogens is 340 g/mol. The van der Waals surface area contributed by atoms with Gasteiger partial charge in [-0.25, -0.2) is 9.78 Å². The van der Waals surface area contributed by atoms with Gasteiger partial charge in [0.15, 0.2) is 5.75 Å². The number of nitrogens with zero attached hydrogens (tertiary/aromatic N) is 1. The Labute approximate surface area is 164 Å². The monoisotopic (exact) mass is 378 g/mol. The molecule has 1 rings (SSSR count). The van der Waals surface area contributed by atoms with Gasteiger partial charge in [0.2, 0.25) is 0 Å². The van der Waals surface area contributed by atoms with Crippen LogP contribution in [0.2, 0.25) is 0 Å². The van der Waals surface area contributed by atoms with Gasteiger partial charge in [0.25, 0.3) is 0 Å². The van der Waals surface area contributed by atoms with Crippen LogP contribution in [0.15, 0.2) is 18.3 Å². The summed E-state index contributed by atoms with van der Waals surface area (Å²) >= 11 is 0. The van der Waals surface area contributed by atoms with Gasteiger partial charge in [-0.05, 0) is 18.6 Å². The van der Waals surface area contributed by atoms with Gasteiger partial charge in [-0.15, -0.1) is 0 Å². The number of rotatable bonds is 17. The fraction of sp³-hybridized carbons (Fsp3) is 0.727. The van der Waals surface area contributed by atoms with E-state index in [1.54, 1.807) is 12.1 Å². The number of unbranched alkanes of at least 4 members (excludes halogenated alkanes) is 13. The van der Waals surface area contributed by atoms with E-state index >= 15 is 0 Å². The molecule has 0 aromatic carbocycles. The van der Waals surface area contributed by atoms with Gasteiger partial charge < -0.3 is 15.2 Å². The van der Waals surface area contributed by atoms with Crippen LogP contribution in [0.25, 0.3) is 0 Å². The molecule has 0 aliphatic rings. The molecule has 0 spiro atoms. The number of aromatic nitrogens is 1. The van der Waals surface area contributed by atoms with Crippen LogP contribution in [-0.2, 0) is 0 Å². The Morgan fingerprint density at radius 1 is 0.889 bits per heavy atom. The number of hydrogen-bond acceptors (Lipinski definition) is 4. The summed E-state index contributed by atoms with van der Waals surface area (Å²) in [7, 11) is 0. The Morgan fingerprint density at radius 2 is 1.41 bits per heavy atom. The first-order valence-electron chi connectivity index (χ1n) is 10.8. The van der Waals surface area contributed by atoms with E-state index in [9.17, 15) is 4.79 Å². The van der Waals surface area contributed by atoms with Crippen molar-refractivity contribution in [1.82, 2.24) is 4.98 Å². The number of ether oxygens (including phenoxy) is 1. The lowest BCUT2D eigenvalue weighted by Gasteiger charge is -2.06. The van der Waals surface area contributed by atoms with Crippen LogP contribution in [0.4, 0.5) is 10.6 Å². The summed E-state index contributed by atoms with van der Waals surface area (Å²) in [4.78, 5) is 14.6. The van der Waals surface area contributed by atoms with Crippen molar-refractivity contribution in [2.45, 2.75) is 96.8 Å². The second kappa shape index (κ2) is 16.4. The Hall–Kier alpha value is -1.78. The highest BCUT2D eigenvalue weighted by Crippen LogP contribution is 2.14. The zero-order valence-electron chi connectivity index (χ0n) is 17.0. The summed E-state index contributed by atoms with van der Waals surface area (Å²) in [6, 6.07) is 3.34. The Kier molecular flexibility index (Phi) is 14.1. The van der Waals surface area contributed by atoms with E-state index in [4.69, 9.17) is 5.11 Å². The minimum atomic E-state index is -1.32. The predicted octanol–water partition coefficient (Wildman–Crippen LogP) is 7.03. The summed E-state index contributed by atoms with van der Waals surface area (Å²) in [6.07, 6.45) is 19.1. The van der Waals surface area contributed by atoms with E-state index in [-0.39, 0.29) is 5.75 Å². The Balaban J connectivity index is 1.84. The highest BCUT2D eigenvalue weighted by atomic mass is 16.7. The van der Waals surface area contributed by atoms with Crippen molar-refractivity contribution < 1.29 is 14.6 Å². The molecule has 1 aromatic heterocycles. The molecular formula is C22H38N2O3. The molecule has 0 amide bonds. The molecule has 154 valence electrons. The zero-order chi connectivity index (χ0) is 19.6. The fourth-order valence-corrected chi connectivity index (χ4v) is 3.18. The van der Waals surface area contributed by atoms with E-state index in [0.717, 1.165) is 18.8 Å². The highest BCUT2D eigenvalue weighted by molar-refractivity contribution is 5.61. The maximum Gasteiger partial charge on any atom is 0.511 e. The predicted molar refractivity (Wildman–Crippen MR) is 112 cm³/mol. The van der Waals surface area contributed by atoms with Crippen molar-refractivity contribution in [2.75, 3.05) is 11.9 Å². The van der Waals surface area contributed by atoms with Crippen molar-refractivity contribution >= 4 is 12.0 Å². The van der Waals surface area contributed by atoms with E-state index in [0.29, 0.717) is 0 Å². The van der Waals surface area contributed by atoms with E-state index in [2.05, 4.69) is 22.0 Å². The molecule has 0 fully saturated rings. The topological polar surface area (TPSA) is 71.5 Å². The Morgan fingerprint density at radius 3 is 1.85 bits per heavy atom. The van der Waals surface area contributed by atoms with E-state index in [1.807, 2.05) is 0 Å². The lowest BCUT2D eigenvalue weighted by atomic mass is 10.0. The number of carbonyl (C=O) groups is 1. The quantitative estimate of drug-likeness (QED) is 0.225. The van der Waals surface area contributed by atoms with Crippen LogP contribution in [-0.4, -0.2) is 22.8 Å². The van der Waals surface area contributed by atoms with Crippen molar-refractivity contribution in [2.24, 2.45) is 0 Å². The summed E-state index contributed by atoms with van der Waals surface area (Å²) in [5, 5.41) is 11.8. The van der Waals surface area contributed by atoms with Crippen LogP contribution in [0.3, 0.4) is 0 Å². The standard InChI is InChI=1S/C22H38N2O3/c1-2-3-4-5-6-7-8-9-10-11-12-13-14-15-18-23-21-17-16-20(19-24-21)27-22(25)26/h16-17,19H,2-15,18H2,1H3,(H,23,24)(H,25,26).